The number of nitrogens with one attached hydrogen (secondary N) is 1. The Labute approximate surface area is 101 Å². The summed E-state index contributed by atoms with van der Waals surface area (Å²) in [6.07, 6.45) is 7.70. The van der Waals surface area contributed by atoms with E-state index in [1.807, 2.05) is 0 Å². The lowest BCUT2D eigenvalue weighted by Gasteiger charge is -2.41. The molecule has 3 N–H and O–H groups in total. The molecule has 3 atom stereocenters. The molecule has 1 aliphatic heterocycles. The zero-order valence-electron chi connectivity index (χ0n) is 11.2. The van der Waals surface area contributed by atoms with E-state index in [1.54, 1.807) is 0 Å². The summed E-state index contributed by atoms with van der Waals surface area (Å²) in [7, 11) is 0. The molecular formula is C13H29N3. The van der Waals surface area contributed by atoms with Crippen LogP contribution in [0.1, 0.15) is 59.3 Å². The van der Waals surface area contributed by atoms with Crippen molar-refractivity contribution in [1.29, 1.82) is 0 Å². The van der Waals surface area contributed by atoms with Gasteiger partial charge in [0.25, 0.3) is 0 Å². The van der Waals surface area contributed by atoms with Gasteiger partial charge in [0.05, 0.1) is 0 Å². The Morgan fingerprint density at radius 2 is 1.94 bits per heavy atom. The Hall–Kier alpha value is -0.120. The Morgan fingerprint density at radius 3 is 2.44 bits per heavy atom. The largest absolute Gasteiger partial charge is 0.329 e. The van der Waals surface area contributed by atoms with Crippen LogP contribution in [0.2, 0.25) is 0 Å². The van der Waals surface area contributed by atoms with Gasteiger partial charge in [0.1, 0.15) is 0 Å². The maximum absolute atomic E-state index is 5.83. The van der Waals surface area contributed by atoms with Crippen LogP contribution in [0.25, 0.3) is 0 Å². The second-order valence-corrected chi connectivity index (χ2v) is 5.24. The molecule has 0 bridgehead atoms. The third-order valence-corrected chi connectivity index (χ3v) is 3.72. The van der Waals surface area contributed by atoms with E-state index in [0.717, 1.165) is 6.54 Å². The molecule has 3 unspecified atom stereocenters. The second kappa shape index (κ2) is 7.25. The fourth-order valence-electron chi connectivity index (χ4n) is 2.57. The second-order valence-electron chi connectivity index (χ2n) is 5.24. The van der Waals surface area contributed by atoms with E-state index in [2.05, 4.69) is 31.2 Å². The van der Waals surface area contributed by atoms with Gasteiger partial charge in [-0.3, -0.25) is 5.43 Å². The monoisotopic (exact) mass is 227 g/mol. The molecule has 3 nitrogen and oxygen atoms in total. The van der Waals surface area contributed by atoms with Gasteiger partial charge in [-0.15, -0.1) is 0 Å². The Balaban J connectivity index is 2.41. The Morgan fingerprint density at radius 1 is 1.31 bits per heavy atom. The van der Waals surface area contributed by atoms with Crippen LogP contribution in [0.5, 0.6) is 0 Å². The molecule has 96 valence electrons. The summed E-state index contributed by atoms with van der Waals surface area (Å²) >= 11 is 0. The van der Waals surface area contributed by atoms with Crippen LogP contribution < -0.4 is 11.2 Å². The van der Waals surface area contributed by atoms with Gasteiger partial charge in [-0.2, -0.15) is 0 Å². The average molecular weight is 227 g/mol. The minimum absolute atomic E-state index is 0.461. The summed E-state index contributed by atoms with van der Waals surface area (Å²) in [5.41, 5.74) is 9.48. The molecule has 0 aromatic heterocycles. The first kappa shape index (κ1) is 13.9. The van der Waals surface area contributed by atoms with Gasteiger partial charge >= 0.3 is 0 Å². The summed E-state index contributed by atoms with van der Waals surface area (Å²) in [6, 6.07) is 1.77. The van der Waals surface area contributed by atoms with Crippen LogP contribution in [0.3, 0.4) is 0 Å². The van der Waals surface area contributed by atoms with Crippen LogP contribution in [0.15, 0.2) is 0 Å². The molecule has 0 radical (unpaired) electrons. The van der Waals surface area contributed by atoms with Crippen LogP contribution >= 0.6 is 0 Å². The molecule has 0 saturated carbocycles. The van der Waals surface area contributed by atoms with Gasteiger partial charge in [0.15, 0.2) is 0 Å². The Kier molecular flexibility index (Phi) is 6.32. The summed E-state index contributed by atoms with van der Waals surface area (Å²) in [5.74, 6) is 0. The third kappa shape index (κ3) is 4.04. The van der Waals surface area contributed by atoms with Gasteiger partial charge in [0, 0.05) is 24.7 Å². The first-order chi connectivity index (χ1) is 7.69. The first-order valence-electron chi connectivity index (χ1n) is 6.93. The first-order valence-corrected chi connectivity index (χ1v) is 6.93. The number of unbranched alkanes of at least 4 members (excludes halogenated alkanes) is 1. The molecule has 1 fully saturated rings. The molecule has 1 rings (SSSR count). The molecule has 0 aromatic carbocycles. The zero-order valence-corrected chi connectivity index (χ0v) is 11.2. The van der Waals surface area contributed by atoms with Gasteiger partial charge < -0.3 is 5.73 Å². The SMILES string of the molecule is CCCCC(CN)NN1C(C)CCCC1C. The average Bonchev–Trinajstić information content (AvgIpc) is 2.28. The van der Waals surface area contributed by atoms with Crippen LogP contribution in [-0.4, -0.2) is 29.7 Å². The summed E-state index contributed by atoms with van der Waals surface area (Å²) in [6.45, 7) is 7.61. The van der Waals surface area contributed by atoms with E-state index in [9.17, 15) is 0 Å². The Bertz CT molecular complexity index is 174. The minimum Gasteiger partial charge on any atom is -0.329 e. The highest BCUT2D eigenvalue weighted by molar-refractivity contribution is 4.79. The highest BCUT2D eigenvalue weighted by Crippen LogP contribution is 2.20. The van der Waals surface area contributed by atoms with Crippen molar-refractivity contribution in [3.8, 4) is 0 Å². The summed E-state index contributed by atoms with van der Waals surface area (Å²) in [5, 5.41) is 2.44. The maximum atomic E-state index is 5.83. The molecular weight excluding hydrogens is 198 g/mol. The summed E-state index contributed by atoms with van der Waals surface area (Å²) in [4.78, 5) is 0. The fraction of sp³-hybridized carbons (Fsp3) is 1.00. The molecule has 16 heavy (non-hydrogen) atoms. The van der Waals surface area contributed by atoms with Crippen molar-refractivity contribution in [2.24, 2.45) is 5.73 Å². The summed E-state index contributed by atoms with van der Waals surface area (Å²) < 4.78 is 0. The quantitative estimate of drug-likeness (QED) is 0.731. The maximum Gasteiger partial charge on any atom is 0.0338 e. The fourth-order valence-corrected chi connectivity index (χ4v) is 2.57. The van der Waals surface area contributed by atoms with Crippen molar-refractivity contribution in [2.45, 2.75) is 77.4 Å². The number of nitrogens with two attached hydrogens (primary N) is 1. The van der Waals surface area contributed by atoms with Crippen molar-refractivity contribution < 1.29 is 0 Å². The van der Waals surface area contributed by atoms with Gasteiger partial charge in [0.2, 0.25) is 0 Å². The van der Waals surface area contributed by atoms with Gasteiger partial charge in [-0.05, 0) is 33.1 Å². The zero-order chi connectivity index (χ0) is 12.0. The predicted molar refractivity (Wildman–Crippen MR) is 70.1 cm³/mol. The lowest BCUT2D eigenvalue weighted by atomic mass is 9.99. The smallest absolute Gasteiger partial charge is 0.0338 e. The van der Waals surface area contributed by atoms with E-state index in [0.29, 0.717) is 18.1 Å². The van der Waals surface area contributed by atoms with Crippen LogP contribution in [-0.2, 0) is 0 Å². The molecule has 0 spiro atoms. The van der Waals surface area contributed by atoms with Gasteiger partial charge in [-0.25, -0.2) is 5.01 Å². The molecule has 1 saturated heterocycles. The standard InChI is InChI=1S/C13H29N3/c1-4-5-9-13(10-14)15-16-11(2)7-6-8-12(16)3/h11-13,15H,4-10,14H2,1-3H3. The topological polar surface area (TPSA) is 41.3 Å². The number of hydrogen-bond donors (Lipinski definition) is 2. The molecule has 0 aliphatic carbocycles. The molecule has 0 amide bonds. The molecule has 1 aliphatic rings. The lowest BCUT2D eigenvalue weighted by Crippen LogP contribution is -2.57. The molecule has 0 aromatic rings. The normalized spacial score (nSPS) is 29.2. The highest BCUT2D eigenvalue weighted by Gasteiger charge is 2.25. The third-order valence-electron chi connectivity index (χ3n) is 3.72. The van der Waals surface area contributed by atoms with Crippen molar-refractivity contribution in [3.63, 3.8) is 0 Å². The van der Waals surface area contributed by atoms with E-state index >= 15 is 0 Å². The number of piperidine rings is 1. The van der Waals surface area contributed by atoms with Gasteiger partial charge in [-0.1, -0.05) is 26.2 Å². The minimum atomic E-state index is 0.461. The highest BCUT2D eigenvalue weighted by atomic mass is 15.5. The number of nitrogens with zero attached hydrogens (tertiary/aromatic N) is 1. The van der Waals surface area contributed by atoms with E-state index < -0.39 is 0 Å². The van der Waals surface area contributed by atoms with Crippen LogP contribution in [0, 0.1) is 0 Å². The lowest BCUT2D eigenvalue weighted by molar-refractivity contribution is 0.0290. The van der Waals surface area contributed by atoms with Crippen molar-refractivity contribution in [1.82, 2.24) is 10.4 Å². The van der Waals surface area contributed by atoms with Crippen molar-refractivity contribution in [2.75, 3.05) is 6.54 Å². The molecule has 1 heterocycles. The predicted octanol–water partition coefficient (Wildman–Crippen LogP) is 2.27. The van der Waals surface area contributed by atoms with Crippen LogP contribution in [0.4, 0.5) is 0 Å². The van der Waals surface area contributed by atoms with Crippen molar-refractivity contribution in [3.05, 3.63) is 0 Å². The van der Waals surface area contributed by atoms with E-state index in [-0.39, 0.29) is 0 Å². The number of rotatable bonds is 6. The number of hydrogen-bond acceptors (Lipinski definition) is 3. The van der Waals surface area contributed by atoms with E-state index in [1.165, 1.54) is 38.5 Å². The van der Waals surface area contributed by atoms with Crippen molar-refractivity contribution >= 4 is 0 Å². The van der Waals surface area contributed by atoms with E-state index in [4.69, 9.17) is 5.73 Å². The molecule has 3 heteroatoms. The number of hydrazine groups is 1.